The number of nitrogens with one attached hydrogen (secondary N) is 1. The Hall–Kier alpha value is -3.65. The third-order valence-electron chi connectivity index (χ3n) is 4.89. The SMILES string of the molecule is CCOC(=O)c1ccc(C)c(NC(=O)c2ccccc2N(C)S(=O)(=O)c2ccccc2)c1. The lowest BCUT2D eigenvalue weighted by Crippen LogP contribution is -2.29. The molecule has 0 saturated carbocycles. The molecule has 0 aliphatic rings. The first-order valence-electron chi connectivity index (χ1n) is 9.98. The summed E-state index contributed by atoms with van der Waals surface area (Å²) in [4.78, 5) is 25.3. The van der Waals surface area contributed by atoms with Crippen LogP contribution in [0.4, 0.5) is 11.4 Å². The zero-order chi connectivity index (χ0) is 23.3. The van der Waals surface area contributed by atoms with Gasteiger partial charge in [0.1, 0.15) is 0 Å². The Bertz CT molecular complexity index is 1240. The predicted octanol–water partition coefficient (Wildman–Crippen LogP) is 4.25. The summed E-state index contributed by atoms with van der Waals surface area (Å²) in [6.45, 7) is 3.75. The van der Waals surface area contributed by atoms with Crippen molar-refractivity contribution in [2.75, 3.05) is 23.3 Å². The molecule has 0 unspecified atom stereocenters. The zero-order valence-electron chi connectivity index (χ0n) is 18.0. The molecule has 8 heteroatoms. The lowest BCUT2D eigenvalue weighted by atomic mass is 10.1. The maximum Gasteiger partial charge on any atom is 0.338 e. The Kier molecular flexibility index (Phi) is 6.95. The van der Waals surface area contributed by atoms with Gasteiger partial charge in [-0.1, -0.05) is 36.4 Å². The molecule has 0 aliphatic carbocycles. The average molecular weight is 453 g/mol. The van der Waals surface area contributed by atoms with Gasteiger partial charge in [-0.15, -0.1) is 0 Å². The number of aryl methyl sites for hydroxylation is 1. The van der Waals surface area contributed by atoms with Crippen molar-refractivity contribution in [2.24, 2.45) is 0 Å². The van der Waals surface area contributed by atoms with E-state index in [0.717, 1.165) is 9.87 Å². The van der Waals surface area contributed by atoms with E-state index in [1.165, 1.54) is 25.2 Å². The van der Waals surface area contributed by atoms with Gasteiger partial charge in [-0.05, 0) is 55.8 Å². The first-order chi connectivity index (χ1) is 15.3. The van der Waals surface area contributed by atoms with Crippen LogP contribution in [-0.2, 0) is 14.8 Å². The Labute approximate surface area is 187 Å². The number of hydrogen-bond acceptors (Lipinski definition) is 5. The van der Waals surface area contributed by atoms with Crippen LogP contribution in [0.15, 0.2) is 77.7 Å². The van der Waals surface area contributed by atoms with Gasteiger partial charge in [0.05, 0.1) is 28.3 Å². The number of nitrogens with zero attached hydrogens (tertiary/aromatic N) is 1. The van der Waals surface area contributed by atoms with E-state index in [1.54, 1.807) is 68.4 Å². The predicted molar refractivity (Wildman–Crippen MR) is 124 cm³/mol. The van der Waals surface area contributed by atoms with Crippen molar-refractivity contribution in [2.45, 2.75) is 18.7 Å². The fraction of sp³-hybridized carbons (Fsp3) is 0.167. The Morgan fingerprint density at radius 2 is 1.62 bits per heavy atom. The number of benzene rings is 3. The molecule has 3 aromatic rings. The second-order valence-corrected chi connectivity index (χ2v) is 8.98. The van der Waals surface area contributed by atoms with Crippen LogP contribution in [0.5, 0.6) is 0 Å². The number of amides is 1. The number of esters is 1. The van der Waals surface area contributed by atoms with Crippen LogP contribution >= 0.6 is 0 Å². The summed E-state index contributed by atoms with van der Waals surface area (Å²) >= 11 is 0. The molecule has 0 aliphatic heterocycles. The number of rotatable bonds is 7. The van der Waals surface area contributed by atoms with Crippen molar-refractivity contribution in [1.82, 2.24) is 0 Å². The van der Waals surface area contributed by atoms with E-state index in [-0.39, 0.29) is 22.8 Å². The molecule has 0 heterocycles. The molecule has 0 radical (unpaired) electrons. The summed E-state index contributed by atoms with van der Waals surface area (Å²) in [6, 6.07) is 19.3. The molecule has 3 aromatic carbocycles. The van der Waals surface area contributed by atoms with E-state index in [2.05, 4.69) is 5.32 Å². The molecular formula is C24H24N2O5S. The molecule has 0 spiro atoms. The minimum absolute atomic E-state index is 0.121. The van der Waals surface area contributed by atoms with E-state index in [0.29, 0.717) is 11.3 Å². The number of hydrogen-bond donors (Lipinski definition) is 1. The maximum absolute atomic E-state index is 13.1. The smallest absolute Gasteiger partial charge is 0.338 e. The van der Waals surface area contributed by atoms with Gasteiger partial charge in [0.2, 0.25) is 0 Å². The van der Waals surface area contributed by atoms with Crippen molar-refractivity contribution in [3.05, 3.63) is 89.5 Å². The van der Waals surface area contributed by atoms with Crippen molar-refractivity contribution >= 4 is 33.3 Å². The number of anilines is 2. The van der Waals surface area contributed by atoms with Gasteiger partial charge in [-0.25, -0.2) is 13.2 Å². The van der Waals surface area contributed by atoms with Crippen molar-refractivity contribution in [3.8, 4) is 0 Å². The van der Waals surface area contributed by atoms with Gasteiger partial charge in [0.25, 0.3) is 15.9 Å². The second-order valence-electron chi connectivity index (χ2n) is 7.01. The molecule has 1 amide bonds. The van der Waals surface area contributed by atoms with Gasteiger partial charge >= 0.3 is 5.97 Å². The number of para-hydroxylation sites is 1. The zero-order valence-corrected chi connectivity index (χ0v) is 18.8. The quantitative estimate of drug-likeness (QED) is 0.541. The third kappa shape index (κ3) is 4.81. The lowest BCUT2D eigenvalue weighted by molar-refractivity contribution is 0.0526. The van der Waals surface area contributed by atoms with E-state index >= 15 is 0 Å². The highest BCUT2D eigenvalue weighted by molar-refractivity contribution is 7.92. The summed E-state index contributed by atoms with van der Waals surface area (Å²) in [6.07, 6.45) is 0. The summed E-state index contributed by atoms with van der Waals surface area (Å²) < 4.78 is 32.2. The van der Waals surface area contributed by atoms with Crippen LogP contribution in [0.3, 0.4) is 0 Å². The normalized spacial score (nSPS) is 11.0. The van der Waals surface area contributed by atoms with Gasteiger partial charge in [-0.2, -0.15) is 0 Å². The monoisotopic (exact) mass is 452 g/mol. The number of carbonyl (C=O) groups excluding carboxylic acids is 2. The molecular weight excluding hydrogens is 428 g/mol. The second kappa shape index (κ2) is 9.65. The van der Waals surface area contributed by atoms with Crippen LogP contribution in [0.2, 0.25) is 0 Å². The van der Waals surface area contributed by atoms with Crippen LogP contribution in [0, 0.1) is 6.92 Å². The highest BCUT2D eigenvalue weighted by Crippen LogP contribution is 2.27. The number of ether oxygens (including phenoxy) is 1. The molecule has 3 rings (SSSR count). The Morgan fingerprint density at radius 1 is 0.969 bits per heavy atom. The molecule has 0 bridgehead atoms. The number of carbonyl (C=O) groups is 2. The molecule has 1 N–H and O–H groups in total. The topological polar surface area (TPSA) is 92.8 Å². The van der Waals surface area contributed by atoms with Gasteiger partial charge in [-0.3, -0.25) is 9.10 Å². The largest absolute Gasteiger partial charge is 0.462 e. The highest BCUT2D eigenvalue weighted by Gasteiger charge is 2.25. The van der Waals surface area contributed by atoms with Crippen LogP contribution in [0.25, 0.3) is 0 Å². The fourth-order valence-corrected chi connectivity index (χ4v) is 4.34. The molecule has 166 valence electrons. The minimum atomic E-state index is -3.86. The molecule has 7 nitrogen and oxygen atoms in total. The van der Waals surface area contributed by atoms with Crippen molar-refractivity contribution in [3.63, 3.8) is 0 Å². The molecule has 32 heavy (non-hydrogen) atoms. The van der Waals surface area contributed by atoms with Crippen LogP contribution < -0.4 is 9.62 Å². The van der Waals surface area contributed by atoms with Gasteiger partial charge < -0.3 is 10.1 Å². The molecule has 0 aromatic heterocycles. The standard InChI is InChI=1S/C24H24N2O5S/c1-4-31-24(28)18-15-14-17(2)21(16-18)25-23(27)20-12-8-9-13-22(20)26(3)32(29,30)19-10-6-5-7-11-19/h5-16H,4H2,1-3H3,(H,25,27). The van der Waals surface area contributed by atoms with Crippen molar-refractivity contribution < 1.29 is 22.7 Å². The Balaban J connectivity index is 1.93. The minimum Gasteiger partial charge on any atom is -0.462 e. The molecule has 0 atom stereocenters. The van der Waals surface area contributed by atoms with E-state index < -0.39 is 21.9 Å². The maximum atomic E-state index is 13.1. The average Bonchev–Trinajstić information content (AvgIpc) is 2.80. The summed E-state index contributed by atoms with van der Waals surface area (Å²) in [7, 11) is -2.46. The van der Waals surface area contributed by atoms with Crippen LogP contribution in [0.1, 0.15) is 33.2 Å². The highest BCUT2D eigenvalue weighted by atomic mass is 32.2. The van der Waals surface area contributed by atoms with Gasteiger partial charge in [0, 0.05) is 12.7 Å². The molecule has 0 fully saturated rings. The first-order valence-corrected chi connectivity index (χ1v) is 11.4. The fourth-order valence-electron chi connectivity index (χ4n) is 3.11. The summed E-state index contributed by atoms with van der Waals surface area (Å²) in [5.41, 5.74) is 1.89. The van der Waals surface area contributed by atoms with Crippen LogP contribution in [-0.4, -0.2) is 33.9 Å². The van der Waals surface area contributed by atoms with Gasteiger partial charge in [0.15, 0.2) is 0 Å². The number of sulfonamides is 1. The van der Waals surface area contributed by atoms with E-state index in [4.69, 9.17) is 4.74 Å². The molecule has 0 saturated heterocycles. The Morgan fingerprint density at radius 3 is 2.31 bits per heavy atom. The van der Waals surface area contributed by atoms with Crippen molar-refractivity contribution in [1.29, 1.82) is 0 Å². The third-order valence-corrected chi connectivity index (χ3v) is 6.67. The lowest BCUT2D eigenvalue weighted by Gasteiger charge is -2.22. The van der Waals surface area contributed by atoms with E-state index in [1.807, 2.05) is 0 Å². The van der Waals surface area contributed by atoms with E-state index in [9.17, 15) is 18.0 Å². The summed E-state index contributed by atoms with van der Waals surface area (Å²) in [5, 5.41) is 2.78. The first kappa shape index (κ1) is 23.0. The summed E-state index contributed by atoms with van der Waals surface area (Å²) in [5.74, 6) is -0.989.